The molecule has 1 aromatic rings. The first-order valence-electron chi connectivity index (χ1n) is 8.91. The third-order valence-corrected chi connectivity index (χ3v) is 5.66. The Morgan fingerprint density at radius 2 is 2.08 bits per heavy atom. The van der Waals surface area contributed by atoms with Crippen molar-refractivity contribution in [3.8, 4) is 0 Å². The van der Waals surface area contributed by atoms with E-state index >= 15 is 0 Å². The Balaban J connectivity index is 1.47. The zero-order chi connectivity index (χ0) is 16.8. The van der Waals surface area contributed by atoms with Gasteiger partial charge in [0.15, 0.2) is 0 Å². The maximum absolute atomic E-state index is 12.2. The minimum Gasteiger partial charge on any atom is -0.353 e. The second-order valence-corrected chi connectivity index (χ2v) is 7.49. The van der Waals surface area contributed by atoms with Crippen LogP contribution in [0, 0.1) is 0 Å². The van der Waals surface area contributed by atoms with Crippen molar-refractivity contribution in [1.29, 1.82) is 0 Å². The fourth-order valence-corrected chi connectivity index (χ4v) is 4.29. The molecule has 2 amide bonds. The number of nitrogens with zero attached hydrogens (tertiary/aromatic N) is 2. The minimum absolute atomic E-state index is 0.102. The largest absolute Gasteiger partial charge is 0.353 e. The quantitative estimate of drug-likeness (QED) is 0.831. The molecular weight excluding hydrogens is 322 g/mol. The lowest BCUT2D eigenvalue weighted by atomic mass is 10.1. The second-order valence-electron chi connectivity index (χ2n) is 6.52. The molecule has 1 fully saturated rings. The topological polar surface area (TPSA) is 62.3 Å². The third-order valence-electron chi connectivity index (χ3n) is 4.68. The van der Waals surface area contributed by atoms with Crippen LogP contribution in [0.5, 0.6) is 0 Å². The van der Waals surface area contributed by atoms with Crippen LogP contribution in [0.4, 0.5) is 5.69 Å². The van der Waals surface area contributed by atoms with E-state index in [-0.39, 0.29) is 11.8 Å². The number of rotatable bonds is 5. The van der Waals surface area contributed by atoms with Gasteiger partial charge < -0.3 is 10.2 Å². The molecule has 1 saturated carbocycles. The van der Waals surface area contributed by atoms with Crippen molar-refractivity contribution < 1.29 is 9.59 Å². The van der Waals surface area contributed by atoms with Crippen molar-refractivity contribution in [2.24, 2.45) is 0 Å². The van der Waals surface area contributed by atoms with E-state index < -0.39 is 0 Å². The fourth-order valence-electron chi connectivity index (χ4n) is 3.41. The van der Waals surface area contributed by atoms with Gasteiger partial charge in [-0.3, -0.25) is 9.59 Å². The lowest BCUT2D eigenvalue weighted by Crippen LogP contribution is -2.38. The fraction of sp³-hybridized carbons (Fsp3) is 0.611. The van der Waals surface area contributed by atoms with Crippen molar-refractivity contribution in [2.75, 3.05) is 17.2 Å². The van der Waals surface area contributed by atoms with Gasteiger partial charge in [-0.1, -0.05) is 37.4 Å². The molecule has 2 heterocycles. The van der Waals surface area contributed by atoms with Gasteiger partial charge in [0.1, 0.15) is 5.03 Å². The molecule has 0 aromatic carbocycles. The predicted octanol–water partition coefficient (Wildman–Crippen LogP) is 3.14. The number of thioether (sulfide) groups is 1. The van der Waals surface area contributed by atoms with Gasteiger partial charge in [0.25, 0.3) is 0 Å². The first-order chi connectivity index (χ1) is 11.7. The van der Waals surface area contributed by atoms with Crippen LogP contribution in [0.1, 0.15) is 51.4 Å². The highest BCUT2D eigenvalue weighted by Crippen LogP contribution is 2.33. The van der Waals surface area contributed by atoms with E-state index in [4.69, 9.17) is 0 Å². The molecule has 6 heteroatoms. The minimum atomic E-state index is 0.102. The van der Waals surface area contributed by atoms with Crippen LogP contribution in [-0.2, 0) is 9.59 Å². The number of hydrogen-bond acceptors (Lipinski definition) is 4. The van der Waals surface area contributed by atoms with Crippen LogP contribution in [0.15, 0.2) is 23.4 Å². The Morgan fingerprint density at radius 3 is 2.88 bits per heavy atom. The zero-order valence-electron chi connectivity index (χ0n) is 14.0. The van der Waals surface area contributed by atoms with E-state index in [1.807, 2.05) is 12.1 Å². The maximum Gasteiger partial charge on any atom is 0.237 e. The molecule has 0 unspecified atom stereocenters. The molecule has 0 saturated heterocycles. The van der Waals surface area contributed by atoms with Crippen LogP contribution >= 0.6 is 11.8 Å². The second kappa shape index (κ2) is 8.51. The number of nitrogens with one attached hydrogen (secondary N) is 1. The SMILES string of the molecule is O=C(CCCN1C(=O)CSc2ncccc21)NC1CCCCCC1. The van der Waals surface area contributed by atoms with Gasteiger partial charge in [0, 0.05) is 25.2 Å². The Bertz CT molecular complexity index is 585. The van der Waals surface area contributed by atoms with Gasteiger partial charge in [-0.05, 0) is 31.4 Å². The molecule has 130 valence electrons. The molecule has 1 aromatic heterocycles. The summed E-state index contributed by atoms with van der Waals surface area (Å²) in [6.45, 7) is 0.580. The summed E-state index contributed by atoms with van der Waals surface area (Å²) < 4.78 is 0. The van der Waals surface area contributed by atoms with Crippen LogP contribution in [-0.4, -0.2) is 35.1 Å². The molecule has 24 heavy (non-hydrogen) atoms. The average Bonchev–Trinajstić information content (AvgIpc) is 2.85. The summed E-state index contributed by atoms with van der Waals surface area (Å²) in [4.78, 5) is 30.4. The number of carbonyl (C=O) groups is 2. The van der Waals surface area contributed by atoms with E-state index in [2.05, 4.69) is 10.3 Å². The van der Waals surface area contributed by atoms with Crippen molar-refractivity contribution in [3.63, 3.8) is 0 Å². The van der Waals surface area contributed by atoms with E-state index in [1.165, 1.54) is 37.4 Å². The summed E-state index contributed by atoms with van der Waals surface area (Å²) in [5.74, 6) is 0.648. The summed E-state index contributed by atoms with van der Waals surface area (Å²) in [5.41, 5.74) is 0.878. The predicted molar refractivity (Wildman–Crippen MR) is 96.2 cm³/mol. The van der Waals surface area contributed by atoms with E-state index in [0.29, 0.717) is 31.2 Å². The number of carbonyl (C=O) groups excluding carboxylic acids is 2. The number of fused-ring (bicyclic) bond motifs is 1. The smallest absolute Gasteiger partial charge is 0.237 e. The van der Waals surface area contributed by atoms with E-state index in [9.17, 15) is 9.59 Å². The molecule has 5 nitrogen and oxygen atoms in total. The van der Waals surface area contributed by atoms with Crippen molar-refractivity contribution >= 4 is 29.3 Å². The summed E-state index contributed by atoms with van der Waals surface area (Å²) >= 11 is 1.48. The number of anilines is 1. The Kier molecular flexibility index (Phi) is 6.12. The number of pyridine rings is 1. The molecule has 2 aliphatic rings. The van der Waals surface area contributed by atoms with Gasteiger partial charge in [-0.25, -0.2) is 4.98 Å². The molecule has 0 spiro atoms. The molecular formula is C18H25N3O2S. The zero-order valence-corrected chi connectivity index (χ0v) is 14.8. The average molecular weight is 347 g/mol. The standard InChI is InChI=1S/C18H25N3O2S/c22-16(20-14-7-3-1-2-4-8-14)10-6-12-21-15-9-5-11-19-18(15)24-13-17(21)23/h5,9,11,14H,1-4,6-8,10,12-13H2,(H,20,22). The molecule has 0 atom stereocenters. The molecule has 3 rings (SSSR count). The molecule has 1 aliphatic carbocycles. The Labute approximate surface area is 147 Å². The monoisotopic (exact) mass is 347 g/mol. The summed E-state index contributed by atoms with van der Waals surface area (Å²) in [7, 11) is 0. The van der Waals surface area contributed by atoms with Crippen LogP contribution < -0.4 is 10.2 Å². The van der Waals surface area contributed by atoms with E-state index in [0.717, 1.165) is 23.6 Å². The van der Waals surface area contributed by atoms with Crippen molar-refractivity contribution in [2.45, 2.75) is 62.4 Å². The molecule has 0 radical (unpaired) electrons. The van der Waals surface area contributed by atoms with Crippen LogP contribution in [0.3, 0.4) is 0 Å². The Morgan fingerprint density at radius 1 is 1.29 bits per heavy atom. The number of hydrogen-bond donors (Lipinski definition) is 1. The third kappa shape index (κ3) is 4.50. The van der Waals surface area contributed by atoms with Gasteiger partial charge in [-0.2, -0.15) is 0 Å². The maximum atomic E-state index is 12.2. The molecule has 1 aliphatic heterocycles. The molecule has 0 bridgehead atoms. The summed E-state index contributed by atoms with van der Waals surface area (Å²) in [6.07, 6.45) is 10.1. The normalized spacial score (nSPS) is 18.8. The number of amides is 2. The first kappa shape index (κ1) is 17.3. The van der Waals surface area contributed by atoms with Crippen molar-refractivity contribution in [1.82, 2.24) is 10.3 Å². The van der Waals surface area contributed by atoms with Crippen LogP contribution in [0.2, 0.25) is 0 Å². The summed E-state index contributed by atoms with van der Waals surface area (Å²) in [5, 5.41) is 4.07. The van der Waals surface area contributed by atoms with Gasteiger partial charge in [0.05, 0.1) is 11.4 Å². The van der Waals surface area contributed by atoms with Gasteiger partial charge in [-0.15, -0.1) is 0 Å². The highest BCUT2D eigenvalue weighted by Gasteiger charge is 2.25. The van der Waals surface area contributed by atoms with Crippen LogP contribution in [0.25, 0.3) is 0 Å². The highest BCUT2D eigenvalue weighted by atomic mass is 32.2. The van der Waals surface area contributed by atoms with Gasteiger partial charge >= 0.3 is 0 Å². The lowest BCUT2D eigenvalue weighted by Gasteiger charge is -2.28. The Hall–Kier alpha value is -1.56. The van der Waals surface area contributed by atoms with Crippen molar-refractivity contribution in [3.05, 3.63) is 18.3 Å². The lowest BCUT2D eigenvalue weighted by molar-refractivity contribution is -0.122. The highest BCUT2D eigenvalue weighted by molar-refractivity contribution is 8.00. The first-order valence-corrected chi connectivity index (χ1v) is 9.90. The number of aromatic nitrogens is 1. The van der Waals surface area contributed by atoms with E-state index in [1.54, 1.807) is 11.1 Å². The molecule has 1 N–H and O–H groups in total. The summed E-state index contributed by atoms with van der Waals surface area (Å²) in [6, 6.07) is 4.12. The van der Waals surface area contributed by atoms with Gasteiger partial charge in [0.2, 0.25) is 11.8 Å².